The molecule has 3 aromatic carbocycles. The van der Waals surface area contributed by atoms with Gasteiger partial charge in [-0.1, -0.05) is 11.8 Å². The fraction of sp³-hybridized carbons (Fsp3) is 0.0476. The highest BCUT2D eigenvalue weighted by Crippen LogP contribution is 2.19. The van der Waals surface area contributed by atoms with Crippen molar-refractivity contribution in [3.05, 3.63) is 94.8 Å². The average Bonchev–Trinajstić information content (AvgIpc) is 2.61. The first-order valence-corrected chi connectivity index (χ1v) is 7.76. The van der Waals surface area contributed by atoms with Gasteiger partial charge >= 0.3 is 0 Å². The molecule has 0 saturated heterocycles. The predicted molar refractivity (Wildman–Crippen MR) is 94.1 cm³/mol. The lowest BCUT2D eigenvalue weighted by atomic mass is 10.1. The molecule has 0 aromatic heterocycles. The summed E-state index contributed by atoms with van der Waals surface area (Å²) >= 11 is 0. The van der Waals surface area contributed by atoms with Gasteiger partial charge in [0.2, 0.25) is 0 Å². The van der Waals surface area contributed by atoms with Gasteiger partial charge in [0.1, 0.15) is 17.5 Å². The molecule has 0 heterocycles. The summed E-state index contributed by atoms with van der Waals surface area (Å²) in [7, 11) is 0. The standard InChI is InChI=1S/C21H13F3N2/c1-14-12-20(23)19(21(24)13-14)11-4-15-2-7-17(8-3-15)25-26-18-9-5-16(22)6-10-18/h2-3,5-10,12-13H,1H3. The van der Waals surface area contributed by atoms with Crippen molar-refractivity contribution in [2.24, 2.45) is 10.2 Å². The minimum absolute atomic E-state index is 0.254. The lowest BCUT2D eigenvalue weighted by Gasteiger charge is -1.99. The molecule has 0 spiro atoms. The van der Waals surface area contributed by atoms with Crippen LogP contribution in [0.15, 0.2) is 70.9 Å². The molecule has 26 heavy (non-hydrogen) atoms. The van der Waals surface area contributed by atoms with E-state index in [1.54, 1.807) is 31.2 Å². The fourth-order valence-corrected chi connectivity index (χ4v) is 2.19. The number of aryl methyl sites for hydroxylation is 1. The van der Waals surface area contributed by atoms with Gasteiger partial charge in [0.25, 0.3) is 0 Å². The third-order valence-corrected chi connectivity index (χ3v) is 3.49. The van der Waals surface area contributed by atoms with E-state index in [0.29, 0.717) is 22.5 Å². The lowest BCUT2D eigenvalue weighted by molar-refractivity contribution is 0.575. The van der Waals surface area contributed by atoms with Crippen LogP contribution in [0.1, 0.15) is 16.7 Å². The van der Waals surface area contributed by atoms with Crippen molar-refractivity contribution in [3.8, 4) is 11.8 Å². The first-order valence-electron chi connectivity index (χ1n) is 7.76. The van der Waals surface area contributed by atoms with Crippen molar-refractivity contribution >= 4 is 11.4 Å². The third kappa shape index (κ3) is 4.37. The Balaban J connectivity index is 1.76. The molecule has 0 aliphatic carbocycles. The van der Waals surface area contributed by atoms with Crippen molar-refractivity contribution in [3.63, 3.8) is 0 Å². The zero-order chi connectivity index (χ0) is 18.5. The van der Waals surface area contributed by atoms with Crippen molar-refractivity contribution in [2.75, 3.05) is 0 Å². The second kappa shape index (κ2) is 7.66. The van der Waals surface area contributed by atoms with Crippen LogP contribution in [0.4, 0.5) is 24.5 Å². The van der Waals surface area contributed by atoms with Crippen LogP contribution in [0.3, 0.4) is 0 Å². The molecule has 128 valence electrons. The number of azo groups is 1. The van der Waals surface area contributed by atoms with E-state index in [2.05, 4.69) is 22.1 Å². The topological polar surface area (TPSA) is 24.7 Å². The molecule has 0 radical (unpaired) electrons. The summed E-state index contributed by atoms with van der Waals surface area (Å²) < 4.78 is 40.4. The van der Waals surface area contributed by atoms with E-state index in [-0.39, 0.29) is 11.4 Å². The van der Waals surface area contributed by atoms with Gasteiger partial charge < -0.3 is 0 Å². The first kappa shape index (κ1) is 17.4. The molecule has 2 nitrogen and oxygen atoms in total. The minimum atomic E-state index is -0.681. The highest BCUT2D eigenvalue weighted by Gasteiger charge is 2.07. The van der Waals surface area contributed by atoms with Gasteiger partial charge in [-0.3, -0.25) is 0 Å². The molecule has 5 heteroatoms. The summed E-state index contributed by atoms with van der Waals surface area (Å²) in [6, 6.07) is 14.8. The Morgan fingerprint density at radius 1 is 0.692 bits per heavy atom. The maximum Gasteiger partial charge on any atom is 0.142 e. The monoisotopic (exact) mass is 350 g/mol. The number of hydrogen-bond donors (Lipinski definition) is 0. The second-order valence-corrected chi connectivity index (χ2v) is 5.58. The molecular formula is C21H13F3N2. The van der Waals surface area contributed by atoms with E-state index >= 15 is 0 Å². The van der Waals surface area contributed by atoms with Crippen LogP contribution >= 0.6 is 0 Å². The van der Waals surface area contributed by atoms with Crippen molar-refractivity contribution in [2.45, 2.75) is 6.92 Å². The molecular weight excluding hydrogens is 337 g/mol. The van der Waals surface area contributed by atoms with Crippen LogP contribution in [0.2, 0.25) is 0 Å². The van der Waals surface area contributed by atoms with Gasteiger partial charge in [0.15, 0.2) is 0 Å². The Kier molecular flexibility index (Phi) is 5.14. The molecule has 0 fully saturated rings. The molecule has 0 N–H and O–H groups in total. The largest absolute Gasteiger partial charge is 0.207 e. The Morgan fingerprint density at radius 2 is 1.19 bits per heavy atom. The smallest absolute Gasteiger partial charge is 0.142 e. The van der Waals surface area contributed by atoms with E-state index < -0.39 is 11.6 Å². The van der Waals surface area contributed by atoms with Crippen LogP contribution in [-0.2, 0) is 0 Å². The number of nitrogens with zero attached hydrogens (tertiary/aromatic N) is 2. The molecule has 0 aliphatic heterocycles. The van der Waals surface area contributed by atoms with Crippen molar-refractivity contribution < 1.29 is 13.2 Å². The lowest BCUT2D eigenvalue weighted by Crippen LogP contribution is -1.91. The van der Waals surface area contributed by atoms with Crippen molar-refractivity contribution in [1.82, 2.24) is 0 Å². The fourth-order valence-electron chi connectivity index (χ4n) is 2.19. The van der Waals surface area contributed by atoms with Crippen LogP contribution in [-0.4, -0.2) is 0 Å². The van der Waals surface area contributed by atoms with Crippen LogP contribution in [0.25, 0.3) is 0 Å². The first-order chi connectivity index (χ1) is 12.5. The van der Waals surface area contributed by atoms with Crippen molar-refractivity contribution in [1.29, 1.82) is 0 Å². The van der Waals surface area contributed by atoms with E-state index in [4.69, 9.17) is 0 Å². The minimum Gasteiger partial charge on any atom is -0.207 e. The SMILES string of the molecule is Cc1cc(F)c(C#Cc2ccc(N=Nc3ccc(F)cc3)cc2)c(F)c1. The second-order valence-electron chi connectivity index (χ2n) is 5.58. The number of halogens is 3. The van der Waals surface area contributed by atoms with E-state index in [0.717, 1.165) is 0 Å². The maximum atomic E-state index is 13.8. The molecule has 0 amide bonds. The highest BCUT2D eigenvalue weighted by molar-refractivity contribution is 5.48. The molecule has 3 aromatic rings. The van der Waals surface area contributed by atoms with Crippen LogP contribution < -0.4 is 0 Å². The number of benzene rings is 3. The Bertz CT molecular complexity index is 989. The van der Waals surface area contributed by atoms with Gasteiger partial charge in [-0.15, -0.1) is 0 Å². The molecule has 0 atom stereocenters. The van der Waals surface area contributed by atoms with Gasteiger partial charge in [0.05, 0.1) is 16.9 Å². The molecule has 3 rings (SSSR count). The quantitative estimate of drug-likeness (QED) is 0.387. The molecule has 0 unspecified atom stereocenters. The van der Waals surface area contributed by atoms with Gasteiger partial charge in [0, 0.05) is 5.56 Å². The molecule has 0 bridgehead atoms. The van der Waals surface area contributed by atoms with E-state index in [9.17, 15) is 13.2 Å². The zero-order valence-electron chi connectivity index (χ0n) is 13.8. The van der Waals surface area contributed by atoms with E-state index in [1.165, 1.54) is 36.4 Å². The summed E-state index contributed by atoms with van der Waals surface area (Å²) in [5.41, 5.74) is 1.94. The normalized spacial score (nSPS) is 10.6. The Morgan fingerprint density at radius 3 is 1.73 bits per heavy atom. The Hall–Kier alpha value is -3.39. The summed E-state index contributed by atoms with van der Waals surface area (Å²) in [6.07, 6.45) is 0. The molecule has 0 saturated carbocycles. The maximum absolute atomic E-state index is 13.8. The Labute approximate surface area is 149 Å². The van der Waals surface area contributed by atoms with Crippen LogP contribution in [0, 0.1) is 36.2 Å². The van der Waals surface area contributed by atoms with Crippen LogP contribution in [0.5, 0.6) is 0 Å². The number of rotatable bonds is 2. The summed E-state index contributed by atoms with van der Waals surface area (Å²) in [4.78, 5) is 0. The summed E-state index contributed by atoms with van der Waals surface area (Å²) in [5, 5.41) is 8.03. The highest BCUT2D eigenvalue weighted by atomic mass is 19.1. The number of hydrogen-bond acceptors (Lipinski definition) is 2. The van der Waals surface area contributed by atoms with Gasteiger partial charge in [-0.25, -0.2) is 13.2 Å². The predicted octanol–water partition coefficient (Wildman–Crippen LogP) is 6.23. The zero-order valence-corrected chi connectivity index (χ0v) is 13.8. The summed E-state index contributed by atoms with van der Waals surface area (Å²) in [6.45, 7) is 1.61. The third-order valence-electron chi connectivity index (χ3n) is 3.49. The summed E-state index contributed by atoms with van der Waals surface area (Å²) in [5.74, 6) is 3.54. The van der Waals surface area contributed by atoms with Gasteiger partial charge in [-0.2, -0.15) is 10.2 Å². The molecule has 0 aliphatic rings. The van der Waals surface area contributed by atoms with Gasteiger partial charge in [-0.05, 0) is 73.2 Å². The average molecular weight is 350 g/mol. The van der Waals surface area contributed by atoms with E-state index in [1.807, 2.05) is 0 Å².